The van der Waals surface area contributed by atoms with Crippen LogP contribution in [0.15, 0.2) is 48.8 Å². The van der Waals surface area contributed by atoms with Crippen molar-refractivity contribution in [3.05, 3.63) is 65.5 Å². The molecule has 1 fully saturated rings. The van der Waals surface area contributed by atoms with Gasteiger partial charge < -0.3 is 0 Å². The first-order chi connectivity index (χ1) is 8.45. The molecule has 0 aliphatic heterocycles. The Morgan fingerprint density at radius 2 is 1.94 bits per heavy atom. The summed E-state index contributed by atoms with van der Waals surface area (Å²) in [4.78, 5) is 4.26. The quantitative estimate of drug-likeness (QED) is 0.718. The molecule has 1 heteroatoms. The van der Waals surface area contributed by atoms with Crippen molar-refractivity contribution in [2.24, 2.45) is 5.92 Å². The van der Waals surface area contributed by atoms with E-state index < -0.39 is 0 Å². The van der Waals surface area contributed by atoms with Gasteiger partial charge in [0.25, 0.3) is 0 Å². The van der Waals surface area contributed by atoms with Crippen LogP contribution in [0.4, 0.5) is 0 Å². The van der Waals surface area contributed by atoms with Gasteiger partial charge in [-0.15, -0.1) is 0 Å². The molecular weight excluding hydrogens is 206 g/mol. The number of benzene rings is 1. The first-order valence-electron chi connectivity index (χ1n) is 6.43. The second-order valence-electron chi connectivity index (χ2n) is 5.24. The van der Waals surface area contributed by atoms with Crippen molar-refractivity contribution in [1.29, 1.82) is 0 Å². The van der Waals surface area contributed by atoms with Gasteiger partial charge in [-0.05, 0) is 53.4 Å². The van der Waals surface area contributed by atoms with Gasteiger partial charge >= 0.3 is 0 Å². The Morgan fingerprint density at radius 1 is 1.00 bits per heavy atom. The van der Waals surface area contributed by atoms with E-state index in [0.29, 0.717) is 0 Å². The first-order valence-corrected chi connectivity index (χ1v) is 6.43. The highest BCUT2D eigenvalue weighted by atomic mass is 14.6. The molecule has 84 valence electrons. The van der Waals surface area contributed by atoms with Crippen LogP contribution < -0.4 is 0 Å². The van der Waals surface area contributed by atoms with Crippen molar-refractivity contribution in [2.75, 3.05) is 0 Å². The third kappa shape index (κ3) is 1.35. The number of pyridine rings is 1. The fourth-order valence-electron chi connectivity index (χ4n) is 3.59. The lowest BCUT2D eigenvalue weighted by molar-refractivity contribution is 0.659. The van der Waals surface area contributed by atoms with Crippen LogP contribution in [0, 0.1) is 5.92 Å². The zero-order chi connectivity index (χ0) is 11.2. The summed E-state index contributed by atoms with van der Waals surface area (Å²) in [5, 5.41) is 0. The van der Waals surface area contributed by atoms with Gasteiger partial charge in [0.2, 0.25) is 0 Å². The standard InChI is InChI=1S/C16H15N/c1-2-6-13-11(4-1)7-8-14-15(16(13)14)12-5-3-9-17-10-12/h1-6,9-10,14-16H,7-8H2. The highest BCUT2D eigenvalue weighted by Gasteiger charge is 2.53. The second kappa shape index (κ2) is 3.43. The molecule has 3 unspecified atom stereocenters. The molecule has 1 saturated carbocycles. The molecule has 0 radical (unpaired) electrons. The first kappa shape index (κ1) is 9.41. The third-order valence-electron chi connectivity index (χ3n) is 4.40. The van der Waals surface area contributed by atoms with Crippen LogP contribution in [0.2, 0.25) is 0 Å². The summed E-state index contributed by atoms with van der Waals surface area (Å²) in [6.07, 6.45) is 6.52. The molecule has 0 amide bonds. The minimum atomic E-state index is 0.729. The zero-order valence-corrected chi connectivity index (χ0v) is 9.71. The topological polar surface area (TPSA) is 12.9 Å². The van der Waals surface area contributed by atoms with E-state index in [1.165, 1.54) is 18.4 Å². The van der Waals surface area contributed by atoms with Gasteiger partial charge in [-0.25, -0.2) is 0 Å². The van der Waals surface area contributed by atoms with E-state index in [9.17, 15) is 0 Å². The van der Waals surface area contributed by atoms with Crippen LogP contribution in [0.3, 0.4) is 0 Å². The number of fused-ring (bicyclic) bond motifs is 3. The SMILES string of the molecule is c1cncc(C2C3CCc4ccccc4C32)c1. The highest BCUT2D eigenvalue weighted by Crippen LogP contribution is 2.64. The van der Waals surface area contributed by atoms with Gasteiger partial charge in [0.1, 0.15) is 0 Å². The van der Waals surface area contributed by atoms with Gasteiger partial charge in [0.05, 0.1) is 0 Å². The van der Waals surface area contributed by atoms with Crippen LogP contribution in [-0.4, -0.2) is 4.98 Å². The van der Waals surface area contributed by atoms with Crippen LogP contribution in [0.5, 0.6) is 0 Å². The van der Waals surface area contributed by atoms with E-state index in [-0.39, 0.29) is 0 Å². The summed E-state index contributed by atoms with van der Waals surface area (Å²) < 4.78 is 0. The summed E-state index contributed by atoms with van der Waals surface area (Å²) >= 11 is 0. The normalized spacial score (nSPS) is 29.3. The summed E-state index contributed by atoms with van der Waals surface area (Å²) in [5.41, 5.74) is 4.59. The van der Waals surface area contributed by atoms with Crippen molar-refractivity contribution in [3.63, 3.8) is 0 Å². The molecule has 1 nitrogen and oxygen atoms in total. The molecule has 1 aromatic heterocycles. The molecule has 4 rings (SSSR count). The Balaban J connectivity index is 1.73. The third-order valence-corrected chi connectivity index (χ3v) is 4.40. The number of aryl methyl sites for hydroxylation is 1. The fraction of sp³-hybridized carbons (Fsp3) is 0.312. The zero-order valence-electron chi connectivity index (χ0n) is 9.71. The maximum atomic E-state index is 4.26. The molecular formula is C16H15N. The van der Waals surface area contributed by atoms with E-state index >= 15 is 0 Å². The summed E-state index contributed by atoms with van der Waals surface area (Å²) in [7, 11) is 0. The Hall–Kier alpha value is -1.63. The molecule has 3 atom stereocenters. The molecule has 0 saturated heterocycles. The van der Waals surface area contributed by atoms with Gasteiger partial charge in [-0.3, -0.25) is 4.98 Å². The maximum Gasteiger partial charge on any atom is 0.0303 e. The summed E-state index contributed by atoms with van der Waals surface area (Å²) in [6.45, 7) is 0. The predicted molar refractivity (Wildman–Crippen MR) is 68.0 cm³/mol. The van der Waals surface area contributed by atoms with Crippen LogP contribution in [-0.2, 0) is 6.42 Å². The lowest BCUT2D eigenvalue weighted by Crippen LogP contribution is -2.00. The van der Waals surface area contributed by atoms with E-state index in [0.717, 1.165) is 17.8 Å². The molecule has 0 spiro atoms. The molecule has 0 bridgehead atoms. The van der Waals surface area contributed by atoms with Crippen LogP contribution >= 0.6 is 0 Å². The van der Waals surface area contributed by atoms with Gasteiger partial charge in [0, 0.05) is 12.4 Å². The average Bonchev–Trinajstić information content (AvgIpc) is 3.14. The predicted octanol–water partition coefficient (Wildman–Crippen LogP) is 3.53. The number of hydrogen-bond donors (Lipinski definition) is 0. The Bertz CT molecular complexity index is 546. The number of aromatic nitrogens is 1. The fourth-order valence-corrected chi connectivity index (χ4v) is 3.59. The number of hydrogen-bond acceptors (Lipinski definition) is 1. The van der Waals surface area contributed by atoms with E-state index in [1.807, 2.05) is 12.4 Å². The molecule has 2 aliphatic carbocycles. The smallest absolute Gasteiger partial charge is 0.0303 e. The largest absolute Gasteiger partial charge is 0.264 e. The highest BCUT2D eigenvalue weighted by molar-refractivity contribution is 5.44. The average molecular weight is 221 g/mol. The van der Waals surface area contributed by atoms with Crippen LogP contribution in [0.1, 0.15) is 34.9 Å². The van der Waals surface area contributed by atoms with Gasteiger partial charge in [0.15, 0.2) is 0 Å². The number of nitrogens with zero attached hydrogens (tertiary/aromatic N) is 1. The molecule has 1 aromatic carbocycles. The van der Waals surface area contributed by atoms with E-state index in [2.05, 4.69) is 41.4 Å². The van der Waals surface area contributed by atoms with E-state index in [1.54, 1.807) is 11.1 Å². The molecule has 2 aliphatic rings. The minimum absolute atomic E-state index is 0.729. The number of rotatable bonds is 1. The monoisotopic (exact) mass is 221 g/mol. The maximum absolute atomic E-state index is 4.26. The van der Waals surface area contributed by atoms with Gasteiger partial charge in [-0.1, -0.05) is 30.3 Å². The van der Waals surface area contributed by atoms with Gasteiger partial charge in [-0.2, -0.15) is 0 Å². The van der Waals surface area contributed by atoms with Crippen molar-refractivity contribution in [3.8, 4) is 0 Å². The molecule has 0 N–H and O–H groups in total. The lowest BCUT2D eigenvalue weighted by Gasteiger charge is -2.13. The van der Waals surface area contributed by atoms with Crippen LogP contribution in [0.25, 0.3) is 0 Å². The Labute approximate surface area is 102 Å². The lowest BCUT2D eigenvalue weighted by atomic mass is 9.92. The minimum Gasteiger partial charge on any atom is -0.264 e. The summed E-state index contributed by atoms with van der Waals surface area (Å²) in [5.74, 6) is 2.37. The van der Waals surface area contributed by atoms with Crippen molar-refractivity contribution in [2.45, 2.75) is 24.7 Å². The Kier molecular flexibility index (Phi) is 1.90. The van der Waals surface area contributed by atoms with E-state index in [4.69, 9.17) is 0 Å². The Morgan fingerprint density at radius 3 is 2.82 bits per heavy atom. The van der Waals surface area contributed by atoms with Crippen molar-refractivity contribution < 1.29 is 0 Å². The second-order valence-corrected chi connectivity index (χ2v) is 5.24. The molecule has 1 heterocycles. The molecule has 2 aromatic rings. The van der Waals surface area contributed by atoms with Crippen molar-refractivity contribution >= 4 is 0 Å². The summed E-state index contributed by atoms with van der Waals surface area (Å²) in [6, 6.07) is 13.3. The van der Waals surface area contributed by atoms with Crippen molar-refractivity contribution in [1.82, 2.24) is 4.98 Å². The molecule has 17 heavy (non-hydrogen) atoms.